The number of benzene rings is 1. The van der Waals surface area contributed by atoms with Gasteiger partial charge in [0.25, 0.3) is 0 Å². The first kappa shape index (κ1) is 15.2. The predicted molar refractivity (Wildman–Crippen MR) is 84.5 cm³/mol. The number of ether oxygens (including phenoxy) is 1. The van der Waals surface area contributed by atoms with E-state index in [1.54, 1.807) is 18.4 Å². The molecule has 1 N–H and O–H groups in total. The molecule has 1 aromatic heterocycles. The fourth-order valence-corrected chi connectivity index (χ4v) is 3.28. The summed E-state index contributed by atoms with van der Waals surface area (Å²) in [6.07, 6.45) is 0. The van der Waals surface area contributed by atoms with Crippen LogP contribution in [0, 0.1) is 20.8 Å². The molecule has 1 aromatic carbocycles. The van der Waals surface area contributed by atoms with Gasteiger partial charge in [0.15, 0.2) is 0 Å². The molecule has 0 spiro atoms. The van der Waals surface area contributed by atoms with Crippen LogP contribution in [0.5, 0.6) is 0 Å². The first-order valence-corrected chi connectivity index (χ1v) is 7.72. The summed E-state index contributed by atoms with van der Waals surface area (Å²) < 4.78 is 5.15. The molecule has 4 heteroatoms. The molecule has 0 radical (unpaired) electrons. The maximum absolute atomic E-state index is 5.15. The Bertz CT molecular complexity index is 545. The summed E-state index contributed by atoms with van der Waals surface area (Å²) in [5, 5.41) is 6.80. The lowest BCUT2D eigenvalue weighted by Gasteiger charge is -2.21. The number of nitrogens with one attached hydrogen (secondary N) is 1. The summed E-state index contributed by atoms with van der Waals surface area (Å²) in [5.74, 6) is 0. The Morgan fingerprint density at radius 2 is 1.95 bits per heavy atom. The Labute approximate surface area is 125 Å². The average molecular weight is 290 g/mol. The molecule has 0 saturated carbocycles. The summed E-state index contributed by atoms with van der Waals surface area (Å²) in [4.78, 5) is 4.66. The highest BCUT2D eigenvalue weighted by molar-refractivity contribution is 7.09. The van der Waals surface area contributed by atoms with E-state index in [2.05, 4.69) is 47.7 Å². The molecule has 1 heterocycles. The smallest absolute Gasteiger partial charge is 0.114 e. The number of nitrogens with zero attached hydrogens (tertiary/aromatic N) is 1. The first-order chi connectivity index (χ1) is 9.63. The van der Waals surface area contributed by atoms with Gasteiger partial charge in [-0.15, -0.1) is 11.3 Å². The summed E-state index contributed by atoms with van der Waals surface area (Å²) in [6, 6.07) is 6.57. The third kappa shape index (κ3) is 3.45. The zero-order valence-corrected chi connectivity index (χ0v) is 13.4. The van der Waals surface area contributed by atoms with Crippen LogP contribution in [-0.4, -0.2) is 25.2 Å². The molecule has 0 bridgehead atoms. The van der Waals surface area contributed by atoms with E-state index in [1.807, 2.05) is 6.92 Å². The Hall–Kier alpha value is -1.23. The van der Waals surface area contributed by atoms with E-state index in [1.165, 1.54) is 16.7 Å². The van der Waals surface area contributed by atoms with Gasteiger partial charge in [0.05, 0.1) is 12.6 Å². The third-order valence-electron chi connectivity index (χ3n) is 3.37. The van der Waals surface area contributed by atoms with Crippen LogP contribution < -0.4 is 5.32 Å². The summed E-state index contributed by atoms with van der Waals surface area (Å²) in [7, 11) is 1.73. The summed E-state index contributed by atoms with van der Waals surface area (Å²) >= 11 is 1.71. The van der Waals surface area contributed by atoms with Crippen LogP contribution in [0.25, 0.3) is 0 Å². The van der Waals surface area contributed by atoms with Crippen LogP contribution in [0.3, 0.4) is 0 Å². The highest BCUT2D eigenvalue weighted by Gasteiger charge is 2.20. The average Bonchev–Trinajstić information content (AvgIpc) is 2.83. The van der Waals surface area contributed by atoms with Crippen LogP contribution in [0.2, 0.25) is 0 Å². The molecule has 0 aliphatic carbocycles. The predicted octanol–water partition coefficient (Wildman–Crippen LogP) is 3.39. The fourth-order valence-electron chi connectivity index (χ4n) is 2.41. The topological polar surface area (TPSA) is 34.1 Å². The van der Waals surface area contributed by atoms with Crippen molar-refractivity contribution in [2.75, 3.05) is 20.3 Å². The Morgan fingerprint density at radius 1 is 1.25 bits per heavy atom. The maximum atomic E-state index is 5.15. The van der Waals surface area contributed by atoms with Gasteiger partial charge in [0, 0.05) is 24.7 Å². The fraction of sp³-hybridized carbons (Fsp3) is 0.438. The monoisotopic (exact) mass is 290 g/mol. The maximum Gasteiger partial charge on any atom is 0.114 e. The molecule has 108 valence electrons. The van der Waals surface area contributed by atoms with Crippen molar-refractivity contribution in [3.63, 3.8) is 0 Å². The molecule has 2 rings (SSSR count). The van der Waals surface area contributed by atoms with Gasteiger partial charge in [-0.05, 0) is 37.5 Å². The molecule has 0 amide bonds. The number of rotatable bonds is 6. The Kier molecular flexibility index (Phi) is 5.29. The van der Waals surface area contributed by atoms with Crippen molar-refractivity contribution in [3.05, 3.63) is 51.0 Å². The summed E-state index contributed by atoms with van der Waals surface area (Å²) in [5.41, 5.74) is 5.01. The van der Waals surface area contributed by atoms with E-state index in [0.717, 1.165) is 17.2 Å². The molecule has 2 aromatic rings. The molecule has 0 saturated heterocycles. The SMILES string of the molecule is COCCNC(c1nc(C)cs1)c1c(C)cccc1C. The normalized spacial score (nSPS) is 12.6. The van der Waals surface area contributed by atoms with Crippen molar-refractivity contribution in [3.8, 4) is 0 Å². The lowest BCUT2D eigenvalue weighted by atomic mass is 9.96. The largest absolute Gasteiger partial charge is 0.383 e. The van der Waals surface area contributed by atoms with Crippen LogP contribution in [-0.2, 0) is 4.74 Å². The minimum absolute atomic E-state index is 0.144. The van der Waals surface area contributed by atoms with Gasteiger partial charge in [0.1, 0.15) is 5.01 Å². The van der Waals surface area contributed by atoms with E-state index < -0.39 is 0 Å². The number of hydrogen-bond donors (Lipinski definition) is 1. The van der Waals surface area contributed by atoms with Crippen LogP contribution in [0.15, 0.2) is 23.6 Å². The van der Waals surface area contributed by atoms with Gasteiger partial charge in [-0.1, -0.05) is 18.2 Å². The van der Waals surface area contributed by atoms with Crippen LogP contribution >= 0.6 is 11.3 Å². The van der Waals surface area contributed by atoms with E-state index in [4.69, 9.17) is 4.74 Å². The number of aromatic nitrogens is 1. The number of aryl methyl sites for hydroxylation is 3. The van der Waals surface area contributed by atoms with Crippen molar-refractivity contribution in [2.24, 2.45) is 0 Å². The highest BCUT2D eigenvalue weighted by atomic mass is 32.1. The van der Waals surface area contributed by atoms with Crippen LogP contribution in [0.1, 0.15) is 33.4 Å². The second-order valence-electron chi connectivity index (χ2n) is 5.01. The van der Waals surface area contributed by atoms with Gasteiger partial charge in [-0.3, -0.25) is 0 Å². The minimum Gasteiger partial charge on any atom is -0.383 e. The van der Waals surface area contributed by atoms with Gasteiger partial charge in [-0.2, -0.15) is 0 Å². The van der Waals surface area contributed by atoms with Crippen molar-refractivity contribution in [2.45, 2.75) is 26.8 Å². The molecule has 1 unspecified atom stereocenters. The van der Waals surface area contributed by atoms with Crippen molar-refractivity contribution < 1.29 is 4.74 Å². The first-order valence-electron chi connectivity index (χ1n) is 6.84. The lowest BCUT2D eigenvalue weighted by Crippen LogP contribution is -2.27. The van der Waals surface area contributed by atoms with Gasteiger partial charge in [-0.25, -0.2) is 4.98 Å². The molecule has 3 nitrogen and oxygen atoms in total. The Morgan fingerprint density at radius 3 is 2.50 bits per heavy atom. The molecule has 0 fully saturated rings. The van der Waals surface area contributed by atoms with E-state index in [-0.39, 0.29) is 6.04 Å². The second kappa shape index (κ2) is 6.97. The molecule has 20 heavy (non-hydrogen) atoms. The molecular formula is C16H22N2OS. The molecular weight excluding hydrogens is 268 g/mol. The third-order valence-corrected chi connectivity index (χ3v) is 4.40. The standard InChI is InChI=1S/C16H22N2OS/c1-11-6-5-7-12(2)14(11)15(17-8-9-19-4)16-18-13(3)10-20-16/h5-7,10,15,17H,8-9H2,1-4H3. The molecule has 0 aliphatic rings. The Balaban J connectivity index is 2.35. The highest BCUT2D eigenvalue weighted by Crippen LogP contribution is 2.29. The number of methoxy groups -OCH3 is 1. The van der Waals surface area contributed by atoms with Gasteiger partial charge in [0.2, 0.25) is 0 Å². The number of hydrogen-bond acceptors (Lipinski definition) is 4. The van der Waals surface area contributed by atoms with Crippen molar-refractivity contribution in [1.29, 1.82) is 0 Å². The molecule has 1 atom stereocenters. The molecule has 0 aliphatic heterocycles. The van der Waals surface area contributed by atoms with E-state index in [9.17, 15) is 0 Å². The zero-order chi connectivity index (χ0) is 14.5. The zero-order valence-electron chi connectivity index (χ0n) is 12.6. The minimum atomic E-state index is 0.144. The number of thiazole rings is 1. The lowest BCUT2D eigenvalue weighted by molar-refractivity contribution is 0.197. The second-order valence-corrected chi connectivity index (χ2v) is 5.90. The van der Waals surface area contributed by atoms with Gasteiger partial charge >= 0.3 is 0 Å². The summed E-state index contributed by atoms with van der Waals surface area (Å²) in [6.45, 7) is 7.87. The van der Waals surface area contributed by atoms with Gasteiger partial charge < -0.3 is 10.1 Å². The van der Waals surface area contributed by atoms with E-state index >= 15 is 0 Å². The quantitative estimate of drug-likeness (QED) is 0.828. The van der Waals surface area contributed by atoms with Crippen molar-refractivity contribution >= 4 is 11.3 Å². The van der Waals surface area contributed by atoms with Crippen LogP contribution in [0.4, 0.5) is 0 Å². The van der Waals surface area contributed by atoms with Crippen molar-refractivity contribution in [1.82, 2.24) is 10.3 Å². The van der Waals surface area contributed by atoms with E-state index in [0.29, 0.717) is 6.61 Å².